The molecule has 0 aliphatic heterocycles. The van der Waals surface area contributed by atoms with Crippen molar-refractivity contribution in [3.63, 3.8) is 0 Å². The van der Waals surface area contributed by atoms with Crippen LogP contribution in [0.25, 0.3) is 16.3 Å². The van der Waals surface area contributed by atoms with Crippen molar-refractivity contribution in [2.24, 2.45) is 0 Å². The Balaban J connectivity index is 1.34. The second-order valence-electron chi connectivity index (χ2n) is 6.61. The number of halogens is 1. The van der Waals surface area contributed by atoms with Gasteiger partial charge in [-0.3, -0.25) is 4.79 Å². The Morgan fingerprint density at radius 2 is 1.93 bits per heavy atom. The zero-order valence-corrected chi connectivity index (χ0v) is 16.6. The topological polar surface area (TPSA) is 59.8 Å². The van der Waals surface area contributed by atoms with E-state index in [0.29, 0.717) is 18.7 Å². The highest BCUT2D eigenvalue weighted by Crippen LogP contribution is 2.24. The molecule has 4 rings (SSSR count). The van der Waals surface area contributed by atoms with Gasteiger partial charge in [0.05, 0.1) is 5.69 Å². The van der Waals surface area contributed by atoms with E-state index in [-0.39, 0.29) is 11.6 Å². The van der Waals surface area contributed by atoms with E-state index in [1.54, 1.807) is 41.8 Å². The summed E-state index contributed by atoms with van der Waals surface area (Å²) in [5.74, 6) is -0.690. The third kappa shape index (κ3) is 4.41. The van der Waals surface area contributed by atoms with Crippen LogP contribution in [0.1, 0.15) is 21.7 Å². The predicted octanol–water partition coefficient (Wildman–Crippen LogP) is 4.42. The molecule has 0 aliphatic rings. The van der Waals surface area contributed by atoms with Crippen LogP contribution in [-0.4, -0.2) is 27.2 Å². The maximum absolute atomic E-state index is 13.9. The molecule has 2 heterocycles. The van der Waals surface area contributed by atoms with E-state index in [1.807, 2.05) is 5.38 Å². The van der Waals surface area contributed by atoms with Gasteiger partial charge in [-0.1, -0.05) is 42.0 Å². The van der Waals surface area contributed by atoms with Gasteiger partial charge in [-0.2, -0.15) is 5.10 Å². The van der Waals surface area contributed by atoms with Crippen molar-refractivity contribution in [1.29, 1.82) is 0 Å². The molecule has 5 nitrogen and oxygen atoms in total. The van der Waals surface area contributed by atoms with E-state index in [9.17, 15) is 9.18 Å². The molecule has 2 aromatic carbocycles. The monoisotopic (exact) mass is 406 g/mol. The van der Waals surface area contributed by atoms with Gasteiger partial charge < -0.3 is 5.32 Å². The van der Waals surface area contributed by atoms with Gasteiger partial charge in [-0.25, -0.2) is 14.1 Å². The Morgan fingerprint density at radius 1 is 1.14 bits per heavy atom. The second kappa shape index (κ2) is 8.36. The molecule has 0 atom stereocenters. The molecule has 2 aromatic heterocycles. The maximum Gasteiger partial charge on any atom is 0.271 e. The normalized spacial score (nSPS) is 10.8. The third-order valence-corrected chi connectivity index (χ3v) is 5.38. The first kappa shape index (κ1) is 19.0. The number of aryl methyl sites for hydroxylation is 1. The Hall–Kier alpha value is -3.32. The number of amides is 1. The Bertz CT molecular complexity index is 1130. The summed E-state index contributed by atoms with van der Waals surface area (Å²) in [6.45, 7) is 2.50. The van der Waals surface area contributed by atoms with Crippen molar-refractivity contribution in [3.8, 4) is 16.3 Å². The summed E-state index contributed by atoms with van der Waals surface area (Å²) in [4.78, 5) is 17.0. The lowest BCUT2D eigenvalue weighted by Crippen LogP contribution is -2.26. The first-order valence-electron chi connectivity index (χ1n) is 9.20. The zero-order chi connectivity index (χ0) is 20.2. The van der Waals surface area contributed by atoms with Crippen molar-refractivity contribution < 1.29 is 9.18 Å². The lowest BCUT2D eigenvalue weighted by Gasteiger charge is -2.03. The Morgan fingerprint density at radius 3 is 2.72 bits per heavy atom. The number of rotatable bonds is 6. The lowest BCUT2D eigenvalue weighted by molar-refractivity contribution is 0.0948. The summed E-state index contributed by atoms with van der Waals surface area (Å²) < 4.78 is 15.2. The molecule has 0 aliphatic carbocycles. The number of hydrogen-bond donors (Lipinski definition) is 1. The fraction of sp³-hybridized carbons (Fsp3) is 0.136. The van der Waals surface area contributed by atoms with Crippen LogP contribution in [0.2, 0.25) is 0 Å². The Labute approximate surface area is 171 Å². The second-order valence-corrected chi connectivity index (χ2v) is 7.47. The van der Waals surface area contributed by atoms with Crippen LogP contribution in [0.3, 0.4) is 0 Å². The van der Waals surface area contributed by atoms with Crippen LogP contribution in [0.15, 0.2) is 66.2 Å². The number of nitrogens with one attached hydrogen (secondary N) is 1. The largest absolute Gasteiger partial charge is 0.350 e. The minimum atomic E-state index is -0.393. The van der Waals surface area contributed by atoms with Crippen LogP contribution in [0.5, 0.6) is 0 Å². The summed E-state index contributed by atoms with van der Waals surface area (Å²) >= 11 is 1.59. The number of thiazole rings is 1. The smallest absolute Gasteiger partial charge is 0.271 e. The van der Waals surface area contributed by atoms with Crippen LogP contribution in [-0.2, 0) is 6.42 Å². The summed E-state index contributed by atoms with van der Waals surface area (Å²) in [5.41, 5.74) is 3.78. The first-order chi connectivity index (χ1) is 14.1. The van der Waals surface area contributed by atoms with Crippen molar-refractivity contribution >= 4 is 17.2 Å². The summed E-state index contributed by atoms with van der Waals surface area (Å²) in [7, 11) is 0. The van der Waals surface area contributed by atoms with Gasteiger partial charge >= 0.3 is 0 Å². The number of aromatic nitrogens is 3. The van der Waals surface area contributed by atoms with E-state index in [1.165, 1.54) is 16.3 Å². The highest BCUT2D eigenvalue weighted by Gasteiger charge is 2.12. The summed E-state index contributed by atoms with van der Waals surface area (Å²) in [5, 5.41) is 9.98. The minimum absolute atomic E-state index is 0.242. The molecule has 0 spiro atoms. The van der Waals surface area contributed by atoms with Crippen LogP contribution < -0.4 is 5.32 Å². The van der Waals surface area contributed by atoms with Gasteiger partial charge in [0.2, 0.25) is 0 Å². The molecule has 1 amide bonds. The summed E-state index contributed by atoms with van der Waals surface area (Å²) in [6, 6.07) is 16.1. The number of carbonyl (C=O) groups is 1. The predicted molar refractivity (Wildman–Crippen MR) is 112 cm³/mol. The van der Waals surface area contributed by atoms with Crippen molar-refractivity contribution in [2.75, 3.05) is 6.54 Å². The molecule has 7 heteroatoms. The molecule has 0 fully saturated rings. The minimum Gasteiger partial charge on any atom is -0.350 e. The first-order valence-corrected chi connectivity index (χ1v) is 10.1. The van der Waals surface area contributed by atoms with Gasteiger partial charge in [0.25, 0.3) is 5.91 Å². The lowest BCUT2D eigenvalue weighted by atomic mass is 10.2. The molecule has 146 valence electrons. The third-order valence-electron chi connectivity index (χ3n) is 4.44. The van der Waals surface area contributed by atoms with Crippen LogP contribution >= 0.6 is 11.3 Å². The molecule has 0 saturated heterocycles. The fourth-order valence-corrected chi connectivity index (χ4v) is 3.72. The number of para-hydroxylation sites is 1. The van der Waals surface area contributed by atoms with Crippen LogP contribution in [0.4, 0.5) is 4.39 Å². The SMILES string of the molecule is Cc1ccc(-c2nc(CCNC(=O)c3ccn(-c4ccccc4F)n3)cs2)cc1. The molecule has 0 unspecified atom stereocenters. The van der Waals surface area contributed by atoms with Crippen molar-refractivity contribution in [3.05, 3.63) is 88.9 Å². The number of hydrogen-bond acceptors (Lipinski definition) is 4. The Kier molecular flexibility index (Phi) is 5.48. The van der Waals surface area contributed by atoms with E-state index in [4.69, 9.17) is 0 Å². The fourth-order valence-electron chi connectivity index (χ4n) is 2.86. The zero-order valence-electron chi connectivity index (χ0n) is 15.8. The van der Waals surface area contributed by atoms with Gasteiger partial charge in [0.15, 0.2) is 5.69 Å². The van der Waals surface area contributed by atoms with E-state index >= 15 is 0 Å². The molecule has 0 bridgehead atoms. The van der Waals surface area contributed by atoms with Gasteiger partial charge in [-0.15, -0.1) is 11.3 Å². The molecule has 4 aromatic rings. The average molecular weight is 406 g/mol. The average Bonchev–Trinajstić information content (AvgIpc) is 3.39. The molecule has 0 radical (unpaired) electrons. The molecular formula is C22H19FN4OS. The molecule has 0 saturated carbocycles. The molecular weight excluding hydrogens is 387 g/mol. The molecule has 1 N–H and O–H groups in total. The number of benzene rings is 2. The number of carbonyl (C=O) groups excluding carboxylic acids is 1. The quantitative estimate of drug-likeness (QED) is 0.516. The summed E-state index contributed by atoms with van der Waals surface area (Å²) in [6.07, 6.45) is 2.20. The van der Waals surface area contributed by atoms with E-state index < -0.39 is 5.82 Å². The van der Waals surface area contributed by atoms with Gasteiger partial charge in [-0.05, 0) is 25.1 Å². The van der Waals surface area contributed by atoms with E-state index in [0.717, 1.165) is 16.3 Å². The highest BCUT2D eigenvalue weighted by atomic mass is 32.1. The standard InChI is InChI=1S/C22H19FN4OS/c1-15-6-8-16(9-7-15)22-25-17(14-29-22)10-12-24-21(28)19-11-13-27(26-19)20-5-3-2-4-18(20)23/h2-9,11,13-14H,10,12H2,1H3,(H,24,28). The molecule has 29 heavy (non-hydrogen) atoms. The van der Waals surface area contributed by atoms with Gasteiger partial charge in [0.1, 0.15) is 16.5 Å². The van der Waals surface area contributed by atoms with Crippen LogP contribution in [0, 0.1) is 12.7 Å². The highest BCUT2D eigenvalue weighted by molar-refractivity contribution is 7.13. The maximum atomic E-state index is 13.9. The number of nitrogens with zero attached hydrogens (tertiary/aromatic N) is 3. The van der Waals surface area contributed by atoms with Gasteiger partial charge in [0, 0.05) is 30.1 Å². The van der Waals surface area contributed by atoms with Crippen molar-refractivity contribution in [1.82, 2.24) is 20.1 Å². The van der Waals surface area contributed by atoms with Crippen molar-refractivity contribution in [2.45, 2.75) is 13.3 Å². The van der Waals surface area contributed by atoms with E-state index in [2.05, 4.69) is 46.6 Å².